The normalized spacial score (nSPS) is 23.8. The van der Waals surface area contributed by atoms with Gasteiger partial charge in [0, 0.05) is 32.6 Å². The highest BCUT2D eigenvalue weighted by Gasteiger charge is 2.43. The van der Waals surface area contributed by atoms with Crippen LogP contribution in [0.15, 0.2) is 17.8 Å². The molecule has 1 unspecified atom stereocenters. The number of rotatable bonds is 2. The lowest BCUT2D eigenvalue weighted by Gasteiger charge is -2.36. The van der Waals surface area contributed by atoms with Gasteiger partial charge < -0.3 is 9.80 Å². The number of carbonyl (C=O) groups is 1. The quantitative estimate of drug-likeness (QED) is 0.883. The Morgan fingerprint density at radius 2 is 2.08 bits per heavy atom. The number of alkyl halides is 2. The number of aromatic nitrogens is 2. The van der Waals surface area contributed by atoms with Gasteiger partial charge in [-0.15, -0.1) is 11.3 Å². The van der Waals surface area contributed by atoms with Crippen LogP contribution in [-0.4, -0.2) is 65.5 Å². The molecule has 2 aliphatic heterocycles. The highest BCUT2D eigenvalue weighted by molar-refractivity contribution is 7.16. The minimum absolute atomic E-state index is 0.227. The molecule has 2 fully saturated rings. The number of nitrogens with one attached hydrogen (secondary N) is 1. The molecule has 0 spiro atoms. The van der Waals surface area contributed by atoms with Gasteiger partial charge in [-0.1, -0.05) is 0 Å². The first kappa shape index (κ1) is 15.6. The van der Waals surface area contributed by atoms with Crippen molar-refractivity contribution in [3.8, 4) is 0 Å². The van der Waals surface area contributed by atoms with E-state index in [-0.39, 0.29) is 5.91 Å². The number of carbonyl (C=O) groups excluding carboxylic acids is 1. The van der Waals surface area contributed by atoms with Gasteiger partial charge in [0.05, 0.1) is 18.0 Å². The van der Waals surface area contributed by atoms with Crippen molar-refractivity contribution >= 4 is 33.3 Å². The van der Waals surface area contributed by atoms with E-state index in [1.807, 2.05) is 11.4 Å². The summed E-state index contributed by atoms with van der Waals surface area (Å²) in [5, 5.41) is 5.63. The van der Waals surface area contributed by atoms with E-state index in [0.29, 0.717) is 26.2 Å². The summed E-state index contributed by atoms with van der Waals surface area (Å²) in [5.41, 5.74) is 0. The maximum Gasteiger partial charge on any atom is 0.262 e. The maximum atomic E-state index is 13.3. The molecule has 0 aliphatic carbocycles. The van der Waals surface area contributed by atoms with Crippen molar-refractivity contribution in [2.75, 3.05) is 37.6 Å². The lowest BCUT2D eigenvalue weighted by Crippen LogP contribution is -2.53. The number of halogens is 2. The Morgan fingerprint density at radius 3 is 2.79 bits per heavy atom. The van der Waals surface area contributed by atoms with Gasteiger partial charge in [0.1, 0.15) is 17.0 Å². The molecule has 2 saturated heterocycles. The average molecular weight is 353 g/mol. The SMILES string of the molecule is O=C(C1CC(F)(F)CN1)N1CCN(c2ncnc3sccc23)CC1. The Bertz CT molecular complexity index is 759. The molecule has 1 N–H and O–H groups in total. The minimum Gasteiger partial charge on any atom is -0.352 e. The summed E-state index contributed by atoms with van der Waals surface area (Å²) >= 11 is 1.57. The lowest BCUT2D eigenvalue weighted by molar-refractivity contribution is -0.134. The first-order valence-electron chi connectivity index (χ1n) is 7.87. The Hall–Kier alpha value is -1.87. The van der Waals surface area contributed by atoms with Gasteiger partial charge in [0.2, 0.25) is 5.91 Å². The van der Waals surface area contributed by atoms with Crippen LogP contribution in [-0.2, 0) is 4.79 Å². The van der Waals surface area contributed by atoms with Crippen LogP contribution >= 0.6 is 11.3 Å². The average Bonchev–Trinajstić information content (AvgIpc) is 3.20. The molecular weight excluding hydrogens is 336 g/mol. The molecule has 1 amide bonds. The van der Waals surface area contributed by atoms with Gasteiger partial charge in [-0.05, 0) is 11.4 Å². The zero-order valence-electron chi connectivity index (χ0n) is 12.9. The van der Waals surface area contributed by atoms with Crippen LogP contribution in [0.25, 0.3) is 10.2 Å². The van der Waals surface area contributed by atoms with E-state index in [2.05, 4.69) is 20.2 Å². The molecule has 0 radical (unpaired) electrons. The molecule has 2 aromatic rings. The topological polar surface area (TPSA) is 61.4 Å². The number of hydrogen-bond acceptors (Lipinski definition) is 6. The Balaban J connectivity index is 1.42. The number of fused-ring (bicyclic) bond motifs is 1. The standard InChI is InChI=1S/C15H17F2N5OS/c16-15(17)7-11(18-8-15)14(23)22-4-2-21(3-5-22)12-10-1-6-24-13(10)20-9-19-12/h1,6,9,11,18H,2-5,7-8H2. The van der Waals surface area contributed by atoms with Gasteiger partial charge in [-0.3, -0.25) is 10.1 Å². The highest BCUT2D eigenvalue weighted by Crippen LogP contribution is 2.28. The number of anilines is 1. The number of amides is 1. The molecule has 2 aromatic heterocycles. The van der Waals surface area contributed by atoms with Crippen LogP contribution in [0.2, 0.25) is 0 Å². The second kappa shape index (κ2) is 5.89. The fourth-order valence-electron chi connectivity index (χ4n) is 3.28. The van der Waals surface area contributed by atoms with Crippen molar-refractivity contribution in [2.24, 2.45) is 0 Å². The molecule has 0 aromatic carbocycles. The fourth-order valence-corrected chi connectivity index (χ4v) is 4.01. The van der Waals surface area contributed by atoms with Crippen LogP contribution in [0.4, 0.5) is 14.6 Å². The first-order chi connectivity index (χ1) is 11.5. The van der Waals surface area contributed by atoms with Crippen molar-refractivity contribution in [3.05, 3.63) is 17.8 Å². The number of piperazine rings is 1. The van der Waals surface area contributed by atoms with Gasteiger partial charge in [0.25, 0.3) is 5.92 Å². The summed E-state index contributed by atoms with van der Waals surface area (Å²) in [4.78, 5) is 25.7. The zero-order chi connectivity index (χ0) is 16.7. The smallest absolute Gasteiger partial charge is 0.262 e. The van der Waals surface area contributed by atoms with Gasteiger partial charge >= 0.3 is 0 Å². The maximum absolute atomic E-state index is 13.3. The van der Waals surface area contributed by atoms with Crippen LogP contribution in [0.1, 0.15) is 6.42 Å². The van der Waals surface area contributed by atoms with E-state index in [0.717, 1.165) is 16.0 Å². The molecule has 128 valence electrons. The van der Waals surface area contributed by atoms with E-state index in [1.165, 1.54) is 0 Å². The summed E-state index contributed by atoms with van der Waals surface area (Å²) in [6.45, 7) is 1.88. The minimum atomic E-state index is -2.78. The largest absolute Gasteiger partial charge is 0.352 e. The number of nitrogens with zero attached hydrogens (tertiary/aromatic N) is 4. The summed E-state index contributed by atoms with van der Waals surface area (Å²) < 4.78 is 26.5. The van der Waals surface area contributed by atoms with E-state index in [9.17, 15) is 13.6 Å². The van der Waals surface area contributed by atoms with Crippen molar-refractivity contribution in [1.29, 1.82) is 0 Å². The predicted octanol–water partition coefficient (Wildman–Crippen LogP) is 1.34. The van der Waals surface area contributed by atoms with Crippen LogP contribution in [0.5, 0.6) is 0 Å². The summed E-state index contributed by atoms with van der Waals surface area (Å²) in [5.74, 6) is -2.14. The van der Waals surface area contributed by atoms with Crippen molar-refractivity contribution < 1.29 is 13.6 Å². The third-order valence-corrected chi connectivity index (χ3v) is 5.36. The first-order valence-corrected chi connectivity index (χ1v) is 8.75. The molecule has 4 rings (SSSR count). The second-order valence-corrected chi connectivity index (χ2v) is 7.04. The molecule has 1 atom stereocenters. The molecule has 0 saturated carbocycles. The third-order valence-electron chi connectivity index (χ3n) is 4.54. The number of hydrogen-bond donors (Lipinski definition) is 1. The summed E-state index contributed by atoms with van der Waals surface area (Å²) in [6.07, 6.45) is 1.14. The van der Waals surface area contributed by atoms with Gasteiger partial charge in [-0.25, -0.2) is 18.7 Å². The van der Waals surface area contributed by atoms with Gasteiger partial charge in [0.15, 0.2) is 0 Å². The number of thiophene rings is 1. The molecule has 0 bridgehead atoms. The van der Waals surface area contributed by atoms with Crippen molar-refractivity contribution in [1.82, 2.24) is 20.2 Å². The summed E-state index contributed by atoms with van der Waals surface area (Å²) in [6, 6.07) is 1.23. The Morgan fingerprint density at radius 1 is 1.29 bits per heavy atom. The van der Waals surface area contributed by atoms with Crippen molar-refractivity contribution in [2.45, 2.75) is 18.4 Å². The van der Waals surface area contributed by atoms with Crippen LogP contribution in [0, 0.1) is 0 Å². The third kappa shape index (κ3) is 2.82. The molecule has 6 nitrogen and oxygen atoms in total. The Kier molecular flexibility index (Phi) is 3.84. The van der Waals surface area contributed by atoms with Crippen LogP contribution in [0.3, 0.4) is 0 Å². The fraction of sp³-hybridized carbons (Fsp3) is 0.533. The molecule has 2 aliphatic rings. The molecular formula is C15H17F2N5OS. The van der Waals surface area contributed by atoms with E-state index < -0.39 is 24.9 Å². The molecule has 24 heavy (non-hydrogen) atoms. The zero-order valence-corrected chi connectivity index (χ0v) is 13.7. The summed E-state index contributed by atoms with van der Waals surface area (Å²) in [7, 11) is 0. The molecule has 9 heteroatoms. The highest BCUT2D eigenvalue weighted by atomic mass is 32.1. The lowest BCUT2D eigenvalue weighted by atomic mass is 10.1. The van der Waals surface area contributed by atoms with E-state index in [4.69, 9.17) is 0 Å². The van der Waals surface area contributed by atoms with Crippen LogP contribution < -0.4 is 10.2 Å². The Labute approximate surface area is 141 Å². The monoisotopic (exact) mass is 353 g/mol. The van der Waals surface area contributed by atoms with Crippen molar-refractivity contribution in [3.63, 3.8) is 0 Å². The molecule has 4 heterocycles. The van der Waals surface area contributed by atoms with E-state index >= 15 is 0 Å². The second-order valence-electron chi connectivity index (χ2n) is 6.14. The predicted molar refractivity (Wildman–Crippen MR) is 87.6 cm³/mol. The van der Waals surface area contributed by atoms with Gasteiger partial charge in [-0.2, -0.15) is 0 Å². The van der Waals surface area contributed by atoms with E-state index in [1.54, 1.807) is 22.6 Å².